The van der Waals surface area contributed by atoms with Gasteiger partial charge in [0.2, 0.25) is 0 Å². The number of phenolic OH excluding ortho intramolecular Hbond substituents is 1. The van der Waals surface area contributed by atoms with Crippen LogP contribution < -0.4 is 0 Å². The Morgan fingerprint density at radius 3 is 2.65 bits per heavy atom. The summed E-state index contributed by atoms with van der Waals surface area (Å²) in [5.41, 5.74) is 1.16. The Labute approximate surface area is 159 Å². The van der Waals surface area contributed by atoms with Crippen molar-refractivity contribution >= 4 is 46.0 Å². The number of phenols is 1. The second-order valence-electron chi connectivity index (χ2n) is 5.57. The van der Waals surface area contributed by atoms with Gasteiger partial charge in [0.1, 0.15) is 4.32 Å². The minimum Gasteiger partial charge on any atom is -0.502 e. The molecule has 0 aliphatic carbocycles. The Hall–Kier alpha value is -2.71. The van der Waals surface area contributed by atoms with Crippen LogP contribution in [0.15, 0.2) is 53.4 Å². The zero-order valence-corrected chi connectivity index (χ0v) is 15.1. The highest BCUT2D eigenvalue weighted by Gasteiger charge is 2.31. The van der Waals surface area contributed by atoms with Gasteiger partial charge in [-0.25, -0.2) is 0 Å². The molecule has 0 saturated carbocycles. The summed E-state index contributed by atoms with van der Waals surface area (Å²) in [5, 5.41) is 20.4. The van der Waals surface area contributed by atoms with Crippen LogP contribution >= 0.6 is 24.0 Å². The lowest BCUT2D eigenvalue weighted by molar-refractivity contribution is -0.385. The van der Waals surface area contributed by atoms with Crippen LogP contribution in [-0.4, -0.2) is 31.7 Å². The van der Waals surface area contributed by atoms with E-state index in [0.717, 1.165) is 5.56 Å². The fourth-order valence-electron chi connectivity index (χ4n) is 2.51. The van der Waals surface area contributed by atoms with Crippen LogP contribution in [-0.2, 0) is 11.2 Å². The SMILES string of the molecule is O=C1/C(=C/c2ccc(O)c([N+](=O)[O-])c2)SC(=S)N1CCc1ccccc1. The first-order chi connectivity index (χ1) is 12.5. The third kappa shape index (κ3) is 3.92. The van der Waals surface area contributed by atoms with Gasteiger partial charge in [0.05, 0.1) is 9.83 Å². The molecule has 2 aromatic rings. The van der Waals surface area contributed by atoms with Crippen LogP contribution in [0.1, 0.15) is 11.1 Å². The number of benzene rings is 2. The molecule has 132 valence electrons. The summed E-state index contributed by atoms with van der Waals surface area (Å²) in [6, 6.07) is 13.8. The van der Waals surface area contributed by atoms with E-state index in [1.165, 1.54) is 34.9 Å². The van der Waals surface area contributed by atoms with Gasteiger partial charge < -0.3 is 5.11 Å². The maximum absolute atomic E-state index is 12.6. The number of nitro groups is 1. The van der Waals surface area contributed by atoms with Gasteiger partial charge in [-0.15, -0.1) is 0 Å². The Bertz CT molecular complexity index is 913. The number of nitro benzene ring substituents is 1. The second kappa shape index (κ2) is 7.67. The van der Waals surface area contributed by atoms with Crippen LogP contribution in [0.2, 0.25) is 0 Å². The molecule has 0 spiro atoms. The summed E-state index contributed by atoms with van der Waals surface area (Å²) < 4.78 is 0.463. The van der Waals surface area contributed by atoms with Gasteiger partial charge in [0.25, 0.3) is 5.91 Å². The van der Waals surface area contributed by atoms with Gasteiger partial charge in [-0.05, 0) is 29.7 Å². The molecule has 1 aliphatic heterocycles. The second-order valence-corrected chi connectivity index (χ2v) is 7.25. The molecule has 6 nitrogen and oxygen atoms in total. The van der Waals surface area contributed by atoms with Crippen molar-refractivity contribution in [1.82, 2.24) is 4.90 Å². The highest BCUT2D eigenvalue weighted by molar-refractivity contribution is 8.26. The van der Waals surface area contributed by atoms with Crippen LogP contribution in [0.5, 0.6) is 5.75 Å². The van der Waals surface area contributed by atoms with E-state index < -0.39 is 16.4 Å². The molecule has 1 heterocycles. The van der Waals surface area contributed by atoms with E-state index in [1.54, 1.807) is 6.08 Å². The Balaban J connectivity index is 1.77. The van der Waals surface area contributed by atoms with Crippen LogP contribution in [0.3, 0.4) is 0 Å². The Morgan fingerprint density at radius 2 is 1.96 bits per heavy atom. The lowest BCUT2D eigenvalue weighted by Gasteiger charge is -2.14. The number of thiocarbonyl (C=S) groups is 1. The molecule has 2 aromatic carbocycles. The molecule has 0 radical (unpaired) electrons. The molecule has 26 heavy (non-hydrogen) atoms. The lowest BCUT2D eigenvalue weighted by Crippen LogP contribution is -2.30. The predicted molar refractivity (Wildman–Crippen MR) is 105 cm³/mol. The van der Waals surface area contributed by atoms with Crippen LogP contribution in [0.4, 0.5) is 5.69 Å². The van der Waals surface area contributed by atoms with Crippen molar-refractivity contribution in [1.29, 1.82) is 0 Å². The summed E-state index contributed by atoms with van der Waals surface area (Å²) in [6.45, 7) is 0.474. The van der Waals surface area contributed by atoms with Crippen molar-refractivity contribution in [2.75, 3.05) is 6.54 Å². The molecule has 1 aliphatic rings. The number of amides is 1. The zero-order valence-electron chi connectivity index (χ0n) is 13.5. The lowest BCUT2D eigenvalue weighted by atomic mass is 10.1. The van der Waals surface area contributed by atoms with Crippen molar-refractivity contribution < 1.29 is 14.8 Å². The molecule has 0 atom stereocenters. The number of nitrogens with zero attached hydrogens (tertiary/aromatic N) is 2. The van der Waals surface area contributed by atoms with Gasteiger partial charge in [-0.3, -0.25) is 19.8 Å². The monoisotopic (exact) mass is 386 g/mol. The average Bonchev–Trinajstić information content (AvgIpc) is 2.89. The third-order valence-electron chi connectivity index (χ3n) is 3.83. The van der Waals surface area contributed by atoms with Gasteiger partial charge in [-0.1, -0.05) is 60.4 Å². The first-order valence-electron chi connectivity index (χ1n) is 7.72. The fraction of sp³-hybridized carbons (Fsp3) is 0.111. The van der Waals surface area contributed by atoms with Crippen molar-refractivity contribution in [3.63, 3.8) is 0 Å². The molecule has 0 aromatic heterocycles. The van der Waals surface area contributed by atoms with Crippen molar-refractivity contribution in [2.24, 2.45) is 0 Å². The van der Waals surface area contributed by atoms with E-state index in [-0.39, 0.29) is 5.91 Å². The number of rotatable bonds is 5. The summed E-state index contributed by atoms with van der Waals surface area (Å²) in [5.74, 6) is -0.630. The maximum atomic E-state index is 12.6. The highest BCUT2D eigenvalue weighted by Crippen LogP contribution is 2.34. The molecular formula is C18H14N2O4S2. The smallest absolute Gasteiger partial charge is 0.311 e. The molecule has 0 bridgehead atoms. The van der Waals surface area contributed by atoms with E-state index in [4.69, 9.17) is 12.2 Å². The number of carbonyl (C=O) groups excluding carboxylic acids is 1. The Kier molecular flexibility index (Phi) is 5.34. The summed E-state index contributed by atoms with van der Waals surface area (Å²) in [6.07, 6.45) is 2.24. The molecule has 1 N–H and O–H groups in total. The minimum atomic E-state index is -0.669. The third-order valence-corrected chi connectivity index (χ3v) is 5.21. The number of aromatic hydroxyl groups is 1. The summed E-state index contributed by atoms with van der Waals surface area (Å²) in [4.78, 5) is 24.8. The molecule has 8 heteroatoms. The van der Waals surface area contributed by atoms with Gasteiger partial charge in [0.15, 0.2) is 5.75 Å². The van der Waals surface area contributed by atoms with Crippen molar-refractivity contribution in [2.45, 2.75) is 6.42 Å². The van der Waals surface area contributed by atoms with E-state index in [2.05, 4.69) is 0 Å². The van der Waals surface area contributed by atoms with Crippen molar-refractivity contribution in [3.8, 4) is 5.75 Å². The summed E-state index contributed by atoms with van der Waals surface area (Å²) >= 11 is 6.46. The van der Waals surface area contributed by atoms with E-state index in [1.807, 2.05) is 30.3 Å². The number of hydrogen-bond acceptors (Lipinski definition) is 6. The molecule has 0 unspecified atom stereocenters. The van der Waals surface area contributed by atoms with Gasteiger partial charge >= 0.3 is 5.69 Å². The fourth-order valence-corrected chi connectivity index (χ4v) is 3.81. The average molecular weight is 386 g/mol. The highest BCUT2D eigenvalue weighted by atomic mass is 32.2. The first kappa shape index (κ1) is 18.1. The molecule has 1 amide bonds. The van der Waals surface area contributed by atoms with Crippen LogP contribution in [0.25, 0.3) is 6.08 Å². The minimum absolute atomic E-state index is 0.216. The molecule has 3 rings (SSSR count). The zero-order chi connectivity index (χ0) is 18.7. The largest absolute Gasteiger partial charge is 0.502 e. The first-order valence-corrected chi connectivity index (χ1v) is 8.95. The maximum Gasteiger partial charge on any atom is 0.311 e. The van der Waals surface area contributed by atoms with E-state index in [9.17, 15) is 20.0 Å². The topological polar surface area (TPSA) is 83.7 Å². The number of hydrogen-bond donors (Lipinski definition) is 1. The predicted octanol–water partition coefficient (Wildman–Crippen LogP) is 3.74. The van der Waals surface area contributed by atoms with E-state index in [0.29, 0.717) is 27.8 Å². The standard InChI is InChI=1S/C18H14N2O4S2/c21-15-7-6-13(10-14(15)20(23)24)11-16-17(22)19(18(25)26-16)9-8-12-4-2-1-3-5-12/h1-7,10-11,21H,8-9H2/b16-11-. The number of thioether (sulfide) groups is 1. The van der Waals surface area contributed by atoms with E-state index >= 15 is 0 Å². The molecule has 1 fully saturated rings. The van der Waals surface area contributed by atoms with Gasteiger partial charge in [0, 0.05) is 12.6 Å². The normalized spacial score (nSPS) is 15.7. The van der Waals surface area contributed by atoms with Crippen LogP contribution in [0, 0.1) is 10.1 Å². The summed E-state index contributed by atoms with van der Waals surface area (Å²) in [7, 11) is 0. The van der Waals surface area contributed by atoms with Gasteiger partial charge in [-0.2, -0.15) is 0 Å². The van der Waals surface area contributed by atoms with Crippen molar-refractivity contribution in [3.05, 3.63) is 74.7 Å². The Morgan fingerprint density at radius 1 is 1.23 bits per heavy atom. The quantitative estimate of drug-likeness (QED) is 0.365. The molecule has 1 saturated heterocycles. The number of carbonyl (C=O) groups is 1. The molecular weight excluding hydrogens is 372 g/mol.